The van der Waals surface area contributed by atoms with Crippen LogP contribution in [0.5, 0.6) is 0 Å². The first-order valence-electron chi connectivity index (χ1n) is 3.84. The molecule has 0 amide bonds. The molecule has 0 spiro atoms. The Morgan fingerprint density at radius 1 is 0.933 bits per heavy atom. The largest absolute Gasteiger partial charge is 1.00 e. The van der Waals surface area contributed by atoms with E-state index in [2.05, 4.69) is 0 Å². The Morgan fingerprint density at radius 2 is 1.33 bits per heavy atom. The number of rotatable bonds is 1. The Hall–Kier alpha value is -0.510. The number of nitrogens with zero attached hydrogens (tertiary/aromatic N) is 3. The van der Waals surface area contributed by atoms with Gasteiger partial charge in [-0.3, -0.25) is 0 Å². The quantitative estimate of drug-likeness (QED) is 0.537. The first-order chi connectivity index (χ1) is 6.68. The van der Waals surface area contributed by atoms with Crippen LogP contribution in [0.3, 0.4) is 0 Å². The predicted molar refractivity (Wildman–Crippen MR) is 48.6 cm³/mol. The zero-order valence-electron chi connectivity index (χ0n) is 8.11. The van der Waals surface area contributed by atoms with Crippen molar-refractivity contribution in [3.05, 3.63) is 30.1 Å². The van der Waals surface area contributed by atoms with Crippen LogP contribution in [0.25, 0.3) is 0 Å². The molecule has 0 fully saturated rings. The van der Waals surface area contributed by atoms with E-state index in [0.717, 1.165) is 12.1 Å². The van der Waals surface area contributed by atoms with E-state index in [1.165, 1.54) is 12.1 Å². The van der Waals surface area contributed by atoms with E-state index in [0.29, 0.717) is 0 Å². The van der Waals surface area contributed by atoms with E-state index in [-0.39, 0.29) is 63.7 Å². The minimum atomic E-state index is -2.53. The zero-order chi connectivity index (χ0) is 10.6. The standard InChI is InChI=1S/C9H4BFN3.Rb/c11-9-3-1-8(2-4-9)10(5-12,6-13)7-14;/h1-4H;/q-1;+1. The molecule has 0 radical (unpaired) electrons. The van der Waals surface area contributed by atoms with Crippen molar-refractivity contribution in [3.63, 3.8) is 0 Å². The van der Waals surface area contributed by atoms with Crippen LogP contribution in [0.1, 0.15) is 0 Å². The molecule has 0 N–H and O–H groups in total. The van der Waals surface area contributed by atoms with Crippen molar-refractivity contribution in [1.82, 2.24) is 0 Å². The van der Waals surface area contributed by atoms with Crippen molar-refractivity contribution >= 4 is 11.6 Å². The van der Waals surface area contributed by atoms with Crippen molar-refractivity contribution in [2.24, 2.45) is 0 Å². The van der Waals surface area contributed by atoms with Gasteiger partial charge in [0.05, 0.1) is 0 Å². The van der Waals surface area contributed by atoms with Gasteiger partial charge in [-0.05, 0) is 12.1 Å². The topological polar surface area (TPSA) is 71.4 Å². The molecule has 1 aromatic rings. The van der Waals surface area contributed by atoms with Crippen molar-refractivity contribution < 1.29 is 62.6 Å². The molecule has 0 saturated carbocycles. The summed E-state index contributed by atoms with van der Waals surface area (Å²) in [6.07, 6.45) is -2.53. The van der Waals surface area contributed by atoms with Crippen molar-refractivity contribution in [2.45, 2.75) is 0 Å². The van der Waals surface area contributed by atoms with Gasteiger partial charge in [0.1, 0.15) is 5.82 Å². The molecule has 66 valence electrons. The fourth-order valence-electron chi connectivity index (χ4n) is 1.06. The fourth-order valence-corrected chi connectivity index (χ4v) is 1.06. The second kappa shape index (κ2) is 6.16. The Bertz CT molecular complexity index is 430. The summed E-state index contributed by atoms with van der Waals surface area (Å²) in [6, 6.07) is 4.81. The molecule has 0 heterocycles. The SMILES string of the molecule is N#C[B-](C#N)(C#N)c1ccc(F)cc1.[Rb+]. The molecular weight excluding hydrogens is 265 g/mol. The number of halogens is 1. The average molecular weight is 269 g/mol. The van der Waals surface area contributed by atoms with E-state index in [9.17, 15) is 4.39 Å². The second-order valence-corrected chi connectivity index (χ2v) is 2.80. The van der Waals surface area contributed by atoms with Crippen LogP contribution < -0.4 is 63.7 Å². The molecule has 0 bridgehead atoms. The first kappa shape index (κ1) is 14.5. The van der Waals surface area contributed by atoms with Gasteiger partial charge in [-0.1, -0.05) is 12.1 Å². The Labute approximate surface area is 136 Å². The van der Waals surface area contributed by atoms with Gasteiger partial charge in [-0.15, -0.1) is 17.9 Å². The van der Waals surface area contributed by atoms with Crippen LogP contribution in [0.4, 0.5) is 4.39 Å². The van der Waals surface area contributed by atoms with Crippen LogP contribution in [-0.4, -0.2) is 6.15 Å². The molecule has 15 heavy (non-hydrogen) atoms. The Morgan fingerprint density at radius 3 is 1.67 bits per heavy atom. The molecule has 1 rings (SSSR count). The number of hydrogen-bond acceptors (Lipinski definition) is 3. The van der Waals surface area contributed by atoms with Crippen LogP contribution in [-0.2, 0) is 0 Å². The number of benzene rings is 1. The predicted octanol–water partition coefficient (Wildman–Crippen LogP) is -2.33. The third kappa shape index (κ3) is 2.97. The van der Waals surface area contributed by atoms with Gasteiger partial charge in [0.15, 0.2) is 0 Å². The van der Waals surface area contributed by atoms with Gasteiger partial charge in [-0.2, -0.15) is 5.46 Å². The van der Waals surface area contributed by atoms with Gasteiger partial charge in [0.25, 0.3) is 0 Å². The molecule has 0 aromatic heterocycles. The van der Waals surface area contributed by atoms with Gasteiger partial charge < -0.3 is 0 Å². The Balaban J connectivity index is 0.00000196. The van der Waals surface area contributed by atoms with Crippen molar-refractivity contribution in [2.75, 3.05) is 0 Å². The summed E-state index contributed by atoms with van der Waals surface area (Å²) in [7, 11) is 0. The molecule has 1 aromatic carbocycles. The molecule has 0 aliphatic rings. The van der Waals surface area contributed by atoms with E-state index in [4.69, 9.17) is 15.8 Å². The van der Waals surface area contributed by atoms with Gasteiger partial charge >= 0.3 is 64.3 Å². The summed E-state index contributed by atoms with van der Waals surface area (Å²) in [5.41, 5.74) is 0.249. The van der Waals surface area contributed by atoms with E-state index in [1.807, 2.05) is 0 Å². The normalized spacial score (nSPS) is 8.93. The van der Waals surface area contributed by atoms with E-state index in [1.54, 1.807) is 17.9 Å². The van der Waals surface area contributed by atoms with Crippen molar-refractivity contribution in [1.29, 1.82) is 15.8 Å². The molecule has 0 unspecified atom stereocenters. The summed E-state index contributed by atoms with van der Waals surface area (Å²) < 4.78 is 12.5. The maximum Gasteiger partial charge on any atom is 1.00 e. The average Bonchev–Trinajstić information content (AvgIpc) is 2.24. The van der Waals surface area contributed by atoms with E-state index < -0.39 is 12.0 Å². The minimum Gasteiger partial charge on any atom is -0.246 e. The number of nitriles is 3. The molecule has 6 heteroatoms. The summed E-state index contributed by atoms with van der Waals surface area (Å²) >= 11 is 0. The van der Waals surface area contributed by atoms with Crippen LogP contribution in [0.15, 0.2) is 24.3 Å². The maximum absolute atomic E-state index is 12.5. The smallest absolute Gasteiger partial charge is 0.246 e. The maximum atomic E-state index is 12.5. The third-order valence-electron chi connectivity index (χ3n) is 1.95. The van der Waals surface area contributed by atoms with Crippen LogP contribution >= 0.6 is 0 Å². The summed E-state index contributed by atoms with van der Waals surface area (Å²) in [5.74, 6) is 4.54. The van der Waals surface area contributed by atoms with Crippen LogP contribution in [0, 0.1) is 39.5 Å². The monoisotopic (exact) mass is 269 g/mol. The van der Waals surface area contributed by atoms with E-state index >= 15 is 0 Å². The molecule has 0 atom stereocenters. The summed E-state index contributed by atoms with van der Waals surface area (Å²) in [6.45, 7) is 0. The number of hydrogen-bond donors (Lipinski definition) is 0. The zero-order valence-corrected chi connectivity index (χ0v) is 13.0. The minimum absolute atomic E-state index is 0. The molecule has 3 nitrogen and oxygen atoms in total. The molecular formula is C9H4BFN3Rb. The summed E-state index contributed by atoms with van der Waals surface area (Å²) in [4.78, 5) is 0. The molecule has 0 aliphatic heterocycles. The van der Waals surface area contributed by atoms with Crippen LogP contribution in [0.2, 0.25) is 0 Å². The summed E-state index contributed by atoms with van der Waals surface area (Å²) in [5, 5.41) is 26.2. The van der Waals surface area contributed by atoms with Gasteiger partial charge in [0.2, 0.25) is 0 Å². The molecule has 0 saturated heterocycles. The van der Waals surface area contributed by atoms with Crippen molar-refractivity contribution in [3.8, 4) is 17.9 Å². The Kier molecular flexibility index (Phi) is 5.95. The third-order valence-corrected chi connectivity index (χ3v) is 1.95. The van der Waals surface area contributed by atoms with Gasteiger partial charge in [0, 0.05) is 0 Å². The first-order valence-corrected chi connectivity index (χ1v) is 3.84. The molecule has 0 aliphatic carbocycles. The van der Waals surface area contributed by atoms with Gasteiger partial charge in [-0.25, -0.2) is 20.2 Å². The fraction of sp³-hybridized carbons (Fsp3) is 0. The second-order valence-electron chi connectivity index (χ2n) is 2.80.